The van der Waals surface area contributed by atoms with Gasteiger partial charge in [-0.05, 0) is 18.6 Å². The van der Waals surface area contributed by atoms with E-state index in [2.05, 4.69) is 11.8 Å². The molecule has 1 aliphatic rings. The molecule has 0 bridgehead atoms. The van der Waals surface area contributed by atoms with E-state index >= 15 is 0 Å². The van der Waals surface area contributed by atoms with Gasteiger partial charge in [0.05, 0.1) is 16.3 Å². The smallest absolute Gasteiger partial charge is 0.177 e. The van der Waals surface area contributed by atoms with Crippen molar-refractivity contribution in [2.24, 2.45) is 0 Å². The van der Waals surface area contributed by atoms with E-state index in [1.54, 1.807) is 12.1 Å². The molecule has 0 saturated carbocycles. The molecule has 6 heteroatoms. The molecule has 1 unspecified atom stereocenters. The largest absolute Gasteiger partial charge is 0.396 e. The van der Waals surface area contributed by atoms with Gasteiger partial charge in [0, 0.05) is 30.3 Å². The first-order valence-corrected chi connectivity index (χ1v) is 9.32. The van der Waals surface area contributed by atoms with E-state index in [0.29, 0.717) is 10.9 Å². The van der Waals surface area contributed by atoms with Gasteiger partial charge in [-0.1, -0.05) is 13.0 Å². The number of benzene rings is 1. The van der Waals surface area contributed by atoms with Crippen molar-refractivity contribution in [3.63, 3.8) is 0 Å². The van der Waals surface area contributed by atoms with Crippen molar-refractivity contribution in [2.75, 3.05) is 35.7 Å². The molecule has 0 aliphatic carbocycles. The Morgan fingerprint density at radius 3 is 2.84 bits per heavy atom. The molecular formula is C13H20N2O2S2. The second-order valence-corrected chi connectivity index (χ2v) is 8.20. The van der Waals surface area contributed by atoms with Crippen LogP contribution in [0.25, 0.3) is 0 Å². The summed E-state index contributed by atoms with van der Waals surface area (Å²) in [6.07, 6.45) is 2.32. The Labute approximate surface area is 119 Å². The molecule has 19 heavy (non-hydrogen) atoms. The van der Waals surface area contributed by atoms with Gasteiger partial charge in [-0.3, -0.25) is 0 Å². The van der Waals surface area contributed by atoms with E-state index in [1.165, 1.54) is 6.26 Å². The zero-order valence-corrected chi connectivity index (χ0v) is 12.9. The monoisotopic (exact) mass is 300 g/mol. The summed E-state index contributed by atoms with van der Waals surface area (Å²) in [5.74, 6) is 1.06. The third-order valence-electron chi connectivity index (χ3n) is 3.38. The minimum Gasteiger partial charge on any atom is -0.396 e. The topological polar surface area (TPSA) is 63.4 Å². The van der Waals surface area contributed by atoms with Gasteiger partial charge >= 0.3 is 0 Å². The molecule has 0 radical (unpaired) electrons. The maximum absolute atomic E-state index is 11.7. The number of anilines is 2. The summed E-state index contributed by atoms with van der Waals surface area (Å²) in [6.45, 7) is 4.02. The molecule has 2 rings (SSSR count). The lowest BCUT2D eigenvalue weighted by Crippen LogP contribution is -2.38. The molecule has 1 saturated heterocycles. The maximum Gasteiger partial charge on any atom is 0.177 e. The minimum absolute atomic E-state index is 0.233. The maximum atomic E-state index is 11.7. The van der Waals surface area contributed by atoms with Crippen LogP contribution in [0.5, 0.6) is 0 Å². The first-order chi connectivity index (χ1) is 8.93. The summed E-state index contributed by atoms with van der Waals surface area (Å²) < 4.78 is 23.4. The lowest BCUT2D eigenvalue weighted by molar-refractivity contribution is 0.602. The van der Waals surface area contributed by atoms with Crippen LogP contribution in [0.2, 0.25) is 0 Å². The molecule has 4 nitrogen and oxygen atoms in total. The highest BCUT2D eigenvalue weighted by Gasteiger charge is 2.23. The number of hydrogen-bond donors (Lipinski definition) is 1. The molecule has 106 valence electrons. The van der Waals surface area contributed by atoms with Crippen LogP contribution in [0.15, 0.2) is 23.1 Å². The predicted octanol–water partition coefficient (Wildman–Crippen LogP) is 2.00. The van der Waals surface area contributed by atoms with Crippen LogP contribution in [0, 0.1) is 0 Å². The summed E-state index contributed by atoms with van der Waals surface area (Å²) in [5, 5.41) is 0.593. The van der Waals surface area contributed by atoms with Crippen LogP contribution in [0.4, 0.5) is 11.4 Å². The fourth-order valence-corrected chi connectivity index (χ4v) is 4.33. The molecule has 2 N–H and O–H groups in total. The Morgan fingerprint density at radius 2 is 2.21 bits per heavy atom. The van der Waals surface area contributed by atoms with Crippen LogP contribution in [-0.2, 0) is 9.84 Å². The number of nitrogens with two attached hydrogens (primary N) is 1. The van der Waals surface area contributed by atoms with Crippen LogP contribution in [0.1, 0.15) is 13.3 Å². The zero-order valence-electron chi connectivity index (χ0n) is 11.3. The minimum atomic E-state index is -3.27. The molecular weight excluding hydrogens is 280 g/mol. The van der Waals surface area contributed by atoms with E-state index in [0.717, 1.165) is 31.0 Å². The van der Waals surface area contributed by atoms with Crippen LogP contribution in [-0.4, -0.2) is 38.8 Å². The molecule has 1 heterocycles. The van der Waals surface area contributed by atoms with Gasteiger partial charge in [0.15, 0.2) is 9.84 Å². The van der Waals surface area contributed by atoms with Gasteiger partial charge < -0.3 is 10.6 Å². The second kappa shape index (κ2) is 5.63. The van der Waals surface area contributed by atoms with E-state index in [9.17, 15) is 8.42 Å². The highest BCUT2D eigenvalue weighted by atomic mass is 32.2. The number of thioether (sulfide) groups is 1. The highest BCUT2D eigenvalue weighted by Crippen LogP contribution is 2.33. The number of rotatable bonds is 3. The molecule has 0 spiro atoms. The van der Waals surface area contributed by atoms with Crippen molar-refractivity contribution in [1.82, 2.24) is 0 Å². The van der Waals surface area contributed by atoms with E-state index in [-0.39, 0.29) is 4.90 Å². The summed E-state index contributed by atoms with van der Waals surface area (Å²) in [6, 6.07) is 5.25. The number of para-hydroxylation sites is 1. The van der Waals surface area contributed by atoms with Crippen LogP contribution in [0.3, 0.4) is 0 Å². The van der Waals surface area contributed by atoms with Crippen molar-refractivity contribution < 1.29 is 8.42 Å². The molecule has 1 aromatic carbocycles. The number of nitrogens with zero attached hydrogens (tertiary/aromatic N) is 1. The normalized spacial score (nSPS) is 20.5. The second-order valence-electron chi connectivity index (χ2n) is 4.81. The summed E-state index contributed by atoms with van der Waals surface area (Å²) >= 11 is 1.98. The zero-order chi connectivity index (χ0) is 14.0. The van der Waals surface area contributed by atoms with E-state index in [4.69, 9.17) is 5.73 Å². The van der Waals surface area contributed by atoms with Gasteiger partial charge in [0.2, 0.25) is 0 Å². The average molecular weight is 300 g/mol. The predicted molar refractivity (Wildman–Crippen MR) is 82.7 cm³/mol. The first kappa shape index (κ1) is 14.5. The van der Waals surface area contributed by atoms with Gasteiger partial charge in [-0.25, -0.2) is 8.42 Å². The highest BCUT2D eigenvalue weighted by molar-refractivity contribution is 8.00. The Bertz CT molecular complexity index is 558. The van der Waals surface area contributed by atoms with Crippen molar-refractivity contribution in [3.05, 3.63) is 18.2 Å². The average Bonchev–Trinajstić information content (AvgIpc) is 2.37. The number of hydrogen-bond acceptors (Lipinski definition) is 5. The van der Waals surface area contributed by atoms with Crippen LogP contribution >= 0.6 is 11.8 Å². The number of sulfone groups is 1. The van der Waals surface area contributed by atoms with E-state index < -0.39 is 9.84 Å². The van der Waals surface area contributed by atoms with E-state index in [1.807, 2.05) is 17.8 Å². The SMILES string of the molecule is CCC1CN(c2cccc(S(C)(=O)=O)c2N)CCS1. The summed E-state index contributed by atoms with van der Waals surface area (Å²) in [5.41, 5.74) is 7.29. The third kappa shape index (κ3) is 3.17. The third-order valence-corrected chi connectivity index (χ3v) is 5.90. The molecule has 1 fully saturated rings. The van der Waals surface area contributed by atoms with Crippen molar-refractivity contribution in [2.45, 2.75) is 23.5 Å². The summed E-state index contributed by atoms with van der Waals surface area (Å²) in [7, 11) is -3.27. The molecule has 0 amide bonds. The van der Waals surface area contributed by atoms with Crippen LogP contribution < -0.4 is 10.6 Å². The van der Waals surface area contributed by atoms with Gasteiger partial charge in [-0.15, -0.1) is 0 Å². The Kier molecular flexibility index (Phi) is 4.30. The standard InChI is InChI=1S/C13H20N2O2S2/c1-3-10-9-15(7-8-18-10)11-5-4-6-12(13(11)14)19(2,16)17/h4-6,10H,3,7-9,14H2,1-2H3. The van der Waals surface area contributed by atoms with Crippen molar-refractivity contribution in [1.29, 1.82) is 0 Å². The van der Waals surface area contributed by atoms with Gasteiger partial charge in [0.25, 0.3) is 0 Å². The fraction of sp³-hybridized carbons (Fsp3) is 0.538. The molecule has 0 aromatic heterocycles. The molecule has 1 aromatic rings. The molecule has 1 atom stereocenters. The first-order valence-electron chi connectivity index (χ1n) is 6.38. The fourth-order valence-electron chi connectivity index (χ4n) is 2.32. The van der Waals surface area contributed by atoms with Gasteiger partial charge in [0.1, 0.15) is 0 Å². The summed E-state index contributed by atoms with van der Waals surface area (Å²) in [4.78, 5) is 2.44. The quantitative estimate of drug-likeness (QED) is 0.865. The molecule has 1 aliphatic heterocycles. The van der Waals surface area contributed by atoms with Crippen molar-refractivity contribution >= 4 is 33.0 Å². The number of nitrogen functional groups attached to an aromatic ring is 1. The lowest BCUT2D eigenvalue weighted by atomic mass is 10.2. The Hall–Kier alpha value is -0.880. The Balaban J connectivity index is 2.35. The van der Waals surface area contributed by atoms with Gasteiger partial charge in [-0.2, -0.15) is 11.8 Å². The lowest BCUT2D eigenvalue weighted by Gasteiger charge is -2.34. The Morgan fingerprint density at radius 1 is 1.47 bits per heavy atom. The van der Waals surface area contributed by atoms with Crippen molar-refractivity contribution in [3.8, 4) is 0 Å².